The highest BCUT2D eigenvalue weighted by Crippen LogP contribution is 2.14. The van der Waals surface area contributed by atoms with Crippen molar-refractivity contribution in [1.82, 2.24) is 0 Å². The van der Waals surface area contributed by atoms with Crippen LogP contribution in [-0.2, 0) is 0 Å². The highest BCUT2D eigenvalue weighted by molar-refractivity contribution is 4.76. The third kappa shape index (κ3) is 5.88. The zero-order chi connectivity index (χ0) is 7.28. The molecule has 0 saturated carbocycles. The summed E-state index contributed by atoms with van der Waals surface area (Å²) in [5, 5.41) is 0. The second-order valence-electron chi connectivity index (χ2n) is 3.26. The van der Waals surface area contributed by atoms with Gasteiger partial charge in [-0.05, 0) is 18.3 Å². The van der Waals surface area contributed by atoms with Crippen LogP contribution >= 0.6 is 0 Å². The first-order valence-corrected chi connectivity index (χ1v) is 3.95. The van der Waals surface area contributed by atoms with Crippen molar-refractivity contribution in [3.8, 4) is 0 Å². The maximum Gasteiger partial charge on any atom is -0.0303 e. The van der Waals surface area contributed by atoms with Gasteiger partial charge >= 0.3 is 0 Å². The van der Waals surface area contributed by atoms with Gasteiger partial charge in [0.2, 0.25) is 0 Å². The molecule has 0 aliphatic rings. The Kier molecular flexibility index (Phi) is 4.84. The summed E-state index contributed by atoms with van der Waals surface area (Å²) in [5.41, 5.74) is 0. The Balaban J connectivity index is 3.06. The first kappa shape index (κ1) is 9.00. The average Bonchev–Trinajstić information content (AvgIpc) is 1.83. The summed E-state index contributed by atoms with van der Waals surface area (Å²) >= 11 is 0. The van der Waals surface area contributed by atoms with Crippen LogP contribution in [0.1, 0.15) is 47.0 Å². The van der Waals surface area contributed by atoms with E-state index in [2.05, 4.69) is 27.7 Å². The maximum absolute atomic E-state index is 2.32. The lowest BCUT2D eigenvalue weighted by atomic mass is 9.98. The van der Waals surface area contributed by atoms with E-state index in [0.29, 0.717) is 0 Å². The standard InChI is InChI=1S/C9H19/c1-5-9(4)7-6-8(2)3/h9H,5-7H2,1-4H3. The molecule has 0 heteroatoms. The Morgan fingerprint density at radius 3 is 2.22 bits per heavy atom. The van der Waals surface area contributed by atoms with Crippen LogP contribution in [0.3, 0.4) is 0 Å². The van der Waals surface area contributed by atoms with Crippen LogP contribution in [0.25, 0.3) is 0 Å². The Labute approximate surface area is 59.7 Å². The summed E-state index contributed by atoms with van der Waals surface area (Å²) in [4.78, 5) is 0. The number of hydrogen-bond donors (Lipinski definition) is 0. The van der Waals surface area contributed by atoms with Gasteiger partial charge in [-0.25, -0.2) is 0 Å². The highest BCUT2D eigenvalue weighted by atomic mass is 14.1. The summed E-state index contributed by atoms with van der Waals surface area (Å²) in [6, 6.07) is 0. The van der Waals surface area contributed by atoms with Crippen LogP contribution in [0.2, 0.25) is 0 Å². The largest absolute Gasteiger partial charge is 0.0651 e. The molecule has 0 aliphatic heterocycles. The topological polar surface area (TPSA) is 0 Å². The molecule has 0 rings (SSSR count). The van der Waals surface area contributed by atoms with E-state index >= 15 is 0 Å². The third-order valence-corrected chi connectivity index (χ3v) is 1.83. The predicted octanol–water partition coefficient (Wildman–Crippen LogP) is 3.43. The molecule has 0 nitrogen and oxygen atoms in total. The average molecular weight is 127 g/mol. The monoisotopic (exact) mass is 127 g/mol. The number of hydrogen-bond acceptors (Lipinski definition) is 0. The zero-order valence-corrected chi connectivity index (χ0v) is 7.20. The van der Waals surface area contributed by atoms with Crippen molar-refractivity contribution in [3.63, 3.8) is 0 Å². The van der Waals surface area contributed by atoms with Gasteiger partial charge in [0.25, 0.3) is 0 Å². The van der Waals surface area contributed by atoms with Crippen LogP contribution in [0, 0.1) is 11.8 Å². The van der Waals surface area contributed by atoms with Gasteiger partial charge in [0, 0.05) is 0 Å². The molecule has 0 aromatic heterocycles. The minimum atomic E-state index is 0.917. The third-order valence-electron chi connectivity index (χ3n) is 1.83. The lowest BCUT2D eigenvalue weighted by Crippen LogP contribution is -1.94. The van der Waals surface area contributed by atoms with Crippen molar-refractivity contribution in [2.45, 2.75) is 47.0 Å². The Bertz CT molecular complexity index is 55.1. The van der Waals surface area contributed by atoms with Gasteiger partial charge in [-0.3, -0.25) is 0 Å². The molecule has 0 fully saturated rings. The minimum absolute atomic E-state index is 0.917. The first-order valence-electron chi connectivity index (χ1n) is 3.95. The van der Waals surface area contributed by atoms with Gasteiger partial charge in [0.15, 0.2) is 0 Å². The summed E-state index contributed by atoms with van der Waals surface area (Å²) in [5.74, 6) is 2.48. The molecular weight excluding hydrogens is 108 g/mol. The van der Waals surface area contributed by atoms with E-state index in [9.17, 15) is 0 Å². The molecule has 0 spiro atoms. The van der Waals surface area contributed by atoms with E-state index < -0.39 is 0 Å². The number of rotatable bonds is 4. The molecule has 1 atom stereocenters. The van der Waals surface area contributed by atoms with Crippen molar-refractivity contribution >= 4 is 0 Å². The van der Waals surface area contributed by atoms with Crippen molar-refractivity contribution in [1.29, 1.82) is 0 Å². The molecular formula is C9H19. The molecule has 0 saturated heterocycles. The molecule has 0 aliphatic carbocycles. The predicted molar refractivity (Wildman–Crippen MR) is 43.3 cm³/mol. The van der Waals surface area contributed by atoms with Crippen molar-refractivity contribution in [3.05, 3.63) is 5.92 Å². The molecule has 1 radical (unpaired) electrons. The van der Waals surface area contributed by atoms with Crippen molar-refractivity contribution < 1.29 is 0 Å². The fourth-order valence-corrected chi connectivity index (χ4v) is 0.739. The lowest BCUT2D eigenvalue weighted by molar-refractivity contribution is 0.502. The maximum atomic E-state index is 2.32. The van der Waals surface area contributed by atoms with Crippen molar-refractivity contribution in [2.75, 3.05) is 0 Å². The molecule has 1 unspecified atom stereocenters. The molecule has 0 amide bonds. The van der Waals surface area contributed by atoms with Gasteiger partial charge in [-0.2, -0.15) is 0 Å². The van der Waals surface area contributed by atoms with Gasteiger partial charge in [-0.15, -0.1) is 0 Å². The van der Waals surface area contributed by atoms with Crippen LogP contribution in [-0.4, -0.2) is 0 Å². The zero-order valence-electron chi connectivity index (χ0n) is 7.20. The first-order chi connectivity index (χ1) is 4.16. The van der Waals surface area contributed by atoms with Gasteiger partial charge in [-0.1, -0.05) is 40.5 Å². The molecule has 9 heavy (non-hydrogen) atoms. The Morgan fingerprint density at radius 1 is 1.33 bits per heavy atom. The van der Waals surface area contributed by atoms with E-state index in [-0.39, 0.29) is 0 Å². The Morgan fingerprint density at radius 2 is 1.89 bits per heavy atom. The summed E-state index contributed by atoms with van der Waals surface area (Å²) in [6.07, 6.45) is 4.01. The van der Waals surface area contributed by atoms with E-state index in [1.165, 1.54) is 19.3 Å². The summed E-state index contributed by atoms with van der Waals surface area (Å²) in [6.45, 7) is 9.00. The second kappa shape index (κ2) is 4.84. The molecule has 0 N–H and O–H groups in total. The molecule has 55 valence electrons. The van der Waals surface area contributed by atoms with E-state index in [4.69, 9.17) is 0 Å². The van der Waals surface area contributed by atoms with Gasteiger partial charge in [0.1, 0.15) is 0 Å². The van der Waals surface area contributed by atoms with Crippen LogP contribution < -0.4 is 0 Å². The van der Waals surface area contributed by atoms with E-state index in [1.807, 2.05) is 0 Å². The molecule has 0 aromatic rings. The minimum Gasteiger partial charge on any atom is -0.0651 e. The summed E-state index contributed by atoms with van der Waals surface area (Å²) in [7, 11) is 0. The normalized spacial score (nSPS) is 14.3. The van der Waals surface area contributed by atoms with Gasteiger partial charge < -0.3 is 0 Å². The quantitative estimate of drug-likeness (QED) is 0.542. The van der Waals surface area contributed by atoms with E-state index in [1.54, 1.807) is 5.92 Å². The Hall–Kier alpha value is 0. The lowest BCUT2D eigenvalue weighted by Gasteiger charge is -2.08. The van der Waals surface area contributed by atoms with E-state index in [0.717, 1.165) is 5.92 Å². The fraction of sp³-hybridized carbons (Fsp3) is 0.889. The fourth-order valence-electron chi connectivity index (χ4n) is 0.739. The van der Waals surface area contributed by atoms with Crippen molar-refractivity contribution in [2.24, 2.45) is 5.92 Å². The SMILES string of the molecule is CCC(C)CC[C](C)C. The molecule has 0 heterocycles. The second-order valence-corrected chi connectivity index (χ2v) is 3.26. The molecule has 0 bridgehead atoms. The summed E-state index contributed by atoms with van der Waals surface area (Å²) < 4.78 is 0. The van der Waals surface area contributed by atoms with Crippen LogP contribution in [0.4, 0.5) is 0 Å². The van der Waals surface area contributed by atoms with Gasteiger partial charge in [0.05, 0.1) is 0 Å². The smallest absolute Gasteiger partial charge is 0.0303 e. The molecule has 0 aromatic carbocycles. The van der Waals surface area contributed by atoms with Crippen LogP contribution in [0.5, 0.6) is 0 Å². The van der Waals surface area contributed by atoms with Crippen LogP contribution in [0.15, 0.2) is 0 Å². The highest BCUT2D eigenvalue weighted by Gasteiger charge is 1.99.